The Morgan fingerprint density at radius 2 is 2.00 bits per heavy atom. The molecule has 2 aromatic rings. The predicted molar refractivity (Wildman–Crippen MR) is 91.5 cm³/mol. The van der Waals surface area contributed by atoms with Crippen LogP contribution in [0.5, 0.6) is 5.75 Å². The summed E-state index contributed by atoms with van der Waals surface area (Å²) < 4.78 is 38.5. The number of benzene rings is 2. The lowest BCUT2D eigenvalue weighted by Crippen LogP contribution is -2.26. The number of carbonyl (C=O) groups is 1. The highest BCUT2D eigenvalue weighted by atomic mass is 79.9. The van der Waals surface area contributed by atoms with Crippen molar-refractivity contribution in [2.45, 2.75) is 6.18 Å². The Morgan fingerprint density at radius 3 is 2.72 bits per heavy atom. The number of anilines is 1. The number of phenolic OH excluding ortho intramolecular Hbond substituents is 1. The van der Waals surface area contributed by atoms with E-state index < -0.39 is 17.6 Å². The number of hydrazone groups is 1. The van der Waals surface area contributed by atoms with Crippen LogP contribution >= 0.6 is 15.9 Å². The first kappa shape index (κ1) is 18.8. The number of carbonyl (C=O) groups excluding carboxylic acids is 1. The molecule has 0 unspecified atom stereocenters. The number of alkyl halides is 3. The zero-order valence-electron chi connectivity index (χ0n) is 12.6. The summed E-state index contributed by atoms with van der Waals surface area (Å²) in [7, 11) is 0. The van der Waals surface area contributed by atoms with Crippen molar-refractivity contribution in [1.82, 2.24) is 5.43 Å². The van der Waals surface area contributed by atoms with Crippen molar-refractivity contribution in [1.29, 1.82) is 0 Å². The zero-order valence-corrected chi connectivity index (χ0v) is 14.2. The van der Waals surface area contributed by atoms with Gasteiger partial charge in [0.05, 0.1) is 18.3 Å². The smallest absolute Gasteiger partial charge is 0.416 e. The van der Waals surface area contributed by atoms with Gasteiger partial charge in [0, 0.05) is 15.7 Å². The summed E-state index contributed by atoms with van der Waals surface area (Å²) in [4.78, 5) is 11.7. The Bertz CT molecular complexity index is 794. The highest BCUT2D eigenvalue weighted by molar-refractivity contribution is 9.10. The van der Waals surface area contributed by atoms with Crippen LogP contribution in [0.2, 0.25) is 0 Å². The Morgan fingerprint density at radius 1 is 1.24 bits per heavy atom. The molecular formula is C16H13BrF3N3O2. The molecule has 0 aliphatic heterocycles. The number of nitrogens with zero attached hydrogens (tertiary/aromatic N) is 1. The fraction of sp³-hybridized carbons (Fsp3) is 0.125. The van der Waals surface area contributed by atoms with E-state index in [1.807, 2.05) is 0 Å². The quantitative estimate of drug-likeness (QED) is 0.514. The molecule has 3 N–H and O–H groups in total. The lowest BCUT2D eigenvalue weighted by molar-refractivity contribution is -0.137. The molecule has 0 radical (unpaired) electrons. The molecular weight excluding hydrogens is 403 g/mol. The van der Waals surface area contributed by atoms with E-state index >= 15 is 0 Å². The minimum atomic E-state index is -4.45. The van der Waals surface area contributed by atoms with Gasteiger partial charge in [-0.3, -0.25) is 4.79 Å². The summed E-state index contributed by atoms with van der Waals surface area (Å²) in [5, 5.41) is 15.9. The first-order valence-electron chi connectivity index (χ1n) is 6.97. The number of hydrogen-bond donors (Lipinski definition) is 3. The molecule has 0 aliphatic carbocycles. The highest BCUT2D eigenvalue weighted by Gasteiger charge is 2.30. The van der Waals surface area contributed by atoms with E-state index in [4.69, 9.17) is 0 Å². The number of phenols is 1. The van der Waals surface area contributed by atoms with E-state index in [0.717, 1.165) is 16.6 Å². The molecule has 0 saturated carbocycles. The summed E-state index contributed by atoms with van der Waals surface area (Å²) in [6, 6.07) is 9.23. The minimum Gasteiger partial charge on any atom is -0.507 e. The third-order valence-corrected chi connectivity index (χ3v) is 3.52. The van der Waals surface area contributed by atoms with Gasteiger partial charge in [-0.15, -0.1) is 0 Å². The van der Waals surface area contributed by atoms with Crippen LogP contribution in [0, 0.1) is 0 Å². The van der Waals surface area contributed by atoms with Gasteiger partial charge < -0.3 is 10.4 Å². The SMILES string of the molecule is O=C(CNc1cccc(C(F)(F)F)c1)NN=Cc1cc(Br)ccc1O. The van der Waals surface area contributed by atoms with Gasteiger partial charge >= 0.3 is 6.18 Å². The van der Waals surface area contributed by atoms with Gasteiger partial charge in [0.15, 0.2) is 0 Å². The molecule has 0 aromatic heterocycles. The maximum Gasteiger partial charge on any atom is 0.416 e. The molecule has 132 valence electrons. The second-order valence-corrected chi connectivity index (χ2v) is 5.84. The predicted octanol–water partition coefficient (Wildman–Crippen LogP) is 3.74. The molecule has 0 heterocycles. The number of rotatable bonds is 5. The number of amides is 1. The van der Waals surface area contributed by atoms with Crippen LogP contribution in [0.3, 0.4) is 0 Å². The van der Waals surface area contributed by atoms with Crippen molar-refractivity contribution in [2.24, 2.45) is 5.10 Å². The van der Waals surface area contributed by atoms with Gasteiger partial charge in [-0.25, -0.2) is 5.43 Å². The summed E-state index contributed by atoms with van der Waals surface area (Å²) in [6.45, 7) is -0.261. The molecule has 0 saturated heterocycles. The number of aromatic hydroxyl groups is 1. The Kier molecular flexibility index (Phi) is 6.02. The van der Waals surface area contributed by atoms with E-state index in [9.17, 15) is 23.1 Å². The normalized spacial score (nSPS) is 11.5. The average Bonchev–Trinajstić information content (AvgIpc) is 2.55. The van der Waals surface area contributed by atoms with Crippen molar-refractivity contribution in [3.8, 4) is 5.75 Å². The third-order valence-electron chi connectivity index (χ3n) is 3.03. The van der Waals surface area contributed by atoms with Gasteiger partial charge in [0.25, 0.3) is 5.91 Å². The van der Waals surface area contributed by atoms with E-state index in [1.54, 1.807) is 12.1 Å². The van der Waals surface area contributed by atoms with Crippen LogP contribution < -0.4 is 10.7 Å². The van der Waals surface area contributed by atoms with Crippen LogP contribution in [-0.2, 0) is 11.0 Å². The highest BCUT2D eigenvalue weighted by Crippen LogP contribution is 2.30. The topological polar surface area (TPSA) is 73.7 Å². The number of halogens is 4. The zero-order chi connectivity index (χ0) is 18.4. The lowest BCUT2D eigenvalue weighted by Gasteiger charge is -2.10. The summed E-state index contributed by atoms with van der Waals surface area (Å²) >= 11 is 3.24. The van der Waals surface area contributed by atoms with E-state index in [1.165, 1.54) is 24.4 Å². The Hall–Kier alpha value is -2.55. The second kappa shape index (κ2) is 8.02. The molecule has 0 spiro atoms. The molecule has 5 nitrogen and oxygen atoms in total. The van der Waals surface area contributed by atoms with E-state index in [-0.39, 0.29) is 18.0 Å². The molecule has 25 heavy (non-hydrogen) atoms. The van der Waals surface area contributed by atoms with Crippen LogP contribution in [0.25, 0.3) is 0 Å². The fourth-order valence-electron chi connectivity index (χ4n) is 1.83. The van der Waals surface area contributed by atoms with Crippen molar-refractivity contribution in [2.75, 3.05) is 11.9 Å². The van der Waals surface area contributed by atoms with Gasteiger partial charge in [-0.2, -0.15) is 18.3 Å². The van der Waals surface area contributed by atoms with Crippen LogP contribution in [0.15, 0.2) is 52.0 Å². The first-order valence-corrected chi connectivity index (χ1v) is 7.76. The average molecular weight is 416 g/mol. The van der Waals surface area contributed by atoms with Crippen molar-refractivity contribution in [3.05, 3.63) is 58.1 Å². The molecule has 0 fully saturated rings. The van der Waals surface area contributed by atoms with Gasteiger partial charge in [0.2, 0.25) is 0 Å². The molecule has 0 bridgehead atoms. The molecule has 9 heteroatoms. The molecule has 1 amide bonds. The largest absolute Gasteiger partial charge is 0.507 e. The molecule has 2 rings (SSSR count). The lowest BCUT2D eigenvalue weighted by atomic mass is 10.2. The van der Waals surface area contributed by atoms with Crippen LogP contribution in [0.4, 0.5) is 18.9 Å². The monoisotopic (exact) mass is 415 g/mol. The van der Waals surface area contributed by atoms with Gasteiger partial charge in [-0.05, 0) is 36.4 Å². The molecule has 0 atom stereocenters. The van der Waals surface area contributed by atoms with Gasteiger partial charge in [0.1, 0.15) is 5.75 Å². The van der Waals surface area contributed by atoms with Gasteiger partial charge in [-0.1, -0.05) is 22.0 Å². The Labute approximate surface area is 149 Å². The maximum atomic E-state index is 12.6. The Balaban J connectivity index is 1.89. The van der Waals surface area contributed by atoms with E-state index in [0.29, 0.717) is 5.56 Å². The first-order chi connectivity index (χ1) is 11.8. The number of hydrogen-bond acceptors (Lipinski definition) is 4. The van der Waals surface area contributed by atoms with Crippen molar-refractivity contribution < 1.29 is 23.1 Å². The summed E-state index contributed by atoms with van der Waals surface area (Å²) in [5.41, 5.74) is 1.96. The standard InChI is InChI=1S/C16H13BrF3N3O2/c17-12-4-5-14(24)10(6-12)8-22-23-15(25)9-21-13-3-1-2-11(7-13)16(18,19)20/h1-8,21,24H,9H2,(H,23,25). The van der Waals surface area contributed by atoms with Crippen molar-refractivity contribution in [3.63, 3.8) is 0 Å². The van der Waals surface area contributed by atoms with Crippen molar-refractivity contribution >= 4 is 33.7 Å². The van der Waals surface area contributed by atoms with Crippen LogP contribution in [0.1, 0.15) is 11.1 Å². The van der Waals surface area contributed by atoms with Crippen LogP contribution in [-0.4, -0.2) is 23.8 Å². The third kappa shape index (κ3) is 5.79. The summed E-state index contributed by atoms with van der Waals surface area (Å²) in [6.07, 6.45) is -3.20. The number of nitrogens with one attached hydrogen (secondary N) is 2. The maximum absolute atomic E-state index is 12.6. The molecule has 0 aliphatic rings. The van der Waals surface area contributed by atoms with E-state index in [2.05, 4.69) is 31.8 Å². The fourth-order valence-corrected chi connectivity index (χ4v) is 2.21. The second-order valence-electron chi connectivity index (χ2n) is 4.93. The molecule has 2 aromatic carbocycles. The summed E-state index contributed by atoms with van der Waals surface area (Å²) in [5.74, 6) is -0.563. The minimum absolute atomic E-state index is 0.0108.